The number of urea groups is 1. The van der Waals surface area contributed by atoms with Gasteiger partial charge < -0.3 is 4.74 Å². The lowest BCUT2D eigenvalue weighted by atomic mass is 10.1. The first-order valence-corrected chi connectivity index (χ1v) is 8.68. The monoisotopic (exact) mass is 384 g/mol. The average molecular weight is 385 g/mol. The van der Waals surface area contributed by atoms with E-state index in [2.05, 4.69) is 5.32 Å². The van der Waals surface area contributed by atoms with Crippen molar-refractivity contribution in [1.29, 1.82) is 0 Å². The number of hydrogen-bond acceptors (Lipinski definition) is 4. The summed E-state index contributed by atoms with van der Waals surface area (Å²) in [6, 6.07) is 11.0. The van der Waals surface area contributed by atoms with Crippen LogP contribution in [0.2, 0.25) is 5.02 Å². The Balaban J connectivity index is 2.02. The minimum Gasteiger partial charge on any atom is -0.494 e. The SMILES string of the molecule is CCOc1cc(Cl)cc(/C=C2\C(=O)NC(=O)N(c3cccc(C)c3)C2=O)c1. The van der Waals surface area contributed by atoms with E-state index in [0.717, 1.165) is 10.5 Å². The number of barbiturate groups is 1. The molecule has 0 aliphatic carbocycles. The Morgan fingerprint density at radius 2 is 1.93 bits per heavy atom. The van der Waals surface area contributed by atoms with E-state index in [9.17, 15) is 14.4 Å². The van der Waals surface area contributed by atoms with Gasteiger partial charge in [-0.25, -0.2) is 9.69 Å². The number of carbonyl (C=O) groups is 3. The van der Waals surface area contributed by atoms with Crippen LogP contribution in [0.1, 0.15) is 18.1 Å². The van der Waals surface area contributed by atoms with Gasteiger partial charge in [0.25, 0.3) is 11.8 Å². The van der Waals surface area contributed by atoms with Crippen LogP contribution in [-0.2, 0) is 9.59 Å². The third-order valence-electron chi connectivity index (χ3n) is 3.88. The number of hydrogen-bond donors (Lipinski definition) is 1. The summed E-state index contributed by atoms with van der Waals surface area (Å²) in [5.41, 5.74) is 1.62. The first kappa shape index (κ1) is 18.7. The molecule has 0 spiro atoms. The van der Waals surface area contributed by atoms with Gasteiger partial charge in [-0.05, 0) is 61.4 Å². The number of halogens is 1. The average Bonchev–Trinajstić information content (AvgIpc) is 2.58. The maximum Gasteiger partial charge on any atom is 0.335 e. The molecule has 27 heavy (non-hydrogen) atoms. The van der Waals surface area contributed by atoms with Crippen LogP contribution in [-0.4, -0.2) is 24.5 Å². The molecular formula is C20H17ClN2O4. The predicted molar refractivity (Wildman–Crippen MR) is 103 cm³/mol. The van der Waals surface area contributed by atoms with Crippen LogP contribution < -0.4 is 15.0 Å². The van der Waals surface area contributed by atoms with Crippen LogP contribution in [0.25, 0.3) is 6.08 Å². The van der Waals surface area contributed by atoms with Gasteiger partial charge in [0.2, 0.25) is 0 Å². The van der Waals surface area contributed by atoms with Crippen molar-refractivity contribution in [1.82, 2.24) is 5.32 Å². The van der Waals surface area contributed by atoms with E-state index >= 15 is 0 Å². The first-order valence-electron chi connectivity index (χ1n) is 8.30. The van der Waals surface area contributed by atoms with Crippen molar-refractivity contribution in [2.75, 3.05) is 11.5 Å². The van der Waals surface area contributed by atoms with E-state index in [1.165, 1.54) is 6.08 Å². The Morgan fingerprint density at radius 3 is 2.63 bits per heavy atom. The van der Waals surface area contributed by atoms with E-state index in [1.54, 1.807) is 36.4 Å². The minimum atomic E-state index is -0.783. The van der Waals surface area contributed by atoms with Crippen LogP contribution in [0.3, 0.4) is 0 Å². The van der Waals surface area contributed by atoms with Gasteiger partial charge >= 0.3 is 6.03 Å². The molecule has 1 aliphatic rings. The molecule has 0 saturated carbocycles. The number of benzene rings is 2. The fourth-order valence-corrected chi connectivity index (χ4v) is 2.98. The summed E-state index contributed by atoms with van der Waals surface area (Å²) >= 11 is 6.08. The molecule has 7 heteroatoms. The zero-order valence-corrected chi connectivity index (χ0v) is 15.5. The Bertz CT molecular complexity index is 968. The predicted octanol–water partition coefficient (Wildman–Crippen LogP) is 3.71. The molecule has 0 aromatic heterocycles. The summed E-state index contributed by atoms with van der Waals surface area (Å²) in [4.78, 5) is 38.3. The summed E-state index contributed by atoms with van der Waals surface area (Å²) in [6.07, 6.45) is 1.39. The number of imide groups is 2. The molecule has 3 rings (SSSR count). The second-order valence-electron chi connectivity index (χ2n) is 5.95. The Hall–Kier alpha value is -3.12. The molecular weight excluding hydrogens is 368 g/mol. The summed E-state index contributed by atoms with van der Waals surface area (Å²) in [5.74, 6) is -0.939. The second kappa shape index (κ2) is 7.63. The van der Waals surface area contributed by atoms with Crippen LogP contribution >= 0.6 is 11.6 Å². The van der Waals surface area contributed by atoms with Gasteiger partial charge in [0, 0.05) is 5.02 Å². The fraction of sp³-hybridized carbons (Fsp3) is 0.150. The molecule has 138 valence electrons. The molecule has 1 saturated heterocycles. The molecule has 0 bridgehead atoms. The van der Waals surface area contributed by atoms with Crippen molar-refractivity contribution in [2.45, 2.75) is 13.8 Å². The van der Waals surface area contributed by atoms with Gasteiger partial charge in [-0.3, -0.25) is 14.9 Å². The zero-order chi connectivity index (χ0) is 19.6. The number of anilines is 1. The molecule has 2 aromatic rings. The second-order valence-corrected chi connectivity index (χ2v) is 6.39. The molecule has 1 N–H and O–H groups in total. The number of ether oxygens (including phenoxy) is 1. The van der Waals surface area contributed by atoms with Crippen molar-refractivity contribution in [3.63, 3.8) is 0 Å². The lowest BCUT2D eigenvalue weighted by Crippen LogP contribution is -2.54. The van der Waals surface area contributed by atoms with Gasteiger partial charge in [0.05, 0.1) is 12.3 Å². The third-order valence-corrected chi connectivity index (χ3v) is 4.10. The zero-order valence-electron chi connectivity index (χ0n) is 14.8. The topological polar surface area (TPSA) is 75.7 Å². The smallest absolute Gasteiger partial charge is 0.335 e. The molecule has 1 aliphatic heterocycles. The summed E-state index contributed by atoms with van der Waals surface area (Å²) < 4.78 is 5.43. The molecule has 1 fully saturated rings. The number of carbonyl (C=O) groups excluding carboxylic acids is 3. The lowest BCUT2D eigenvalue weighted by Gasteiger charge is -2.26. The van der Waals surface area contributed by atoms with Crippen molar-refractivity contribution in [2.24, 2.45) is 0 Å². The Morgan fingerprint density at radius 1 is 1.15 bits per heavy atom. The molecule has 2 aromatic carbocycles. The van der Waals surface area contributed by atoms with Crippen molar-refractivity contribution in [3.8, 4) is 5.75 Å². The van der Waals surface area contributed by atoms with Gasteiger partial charge in [0.15, 0.2) is 0 Å². The largest absolute Gasteiger partial charge is 0.494 e. The minimum absolute atomic E-state index is 0.166. The number of nitrogens with zero attached hydrogens (tertiary/aromatic N) is 1. The van der Waals surface area contributed by atoms with Gasteiger partial charge in [-0.2, -0.15) is 0 Å². The molecule has 4 amide bonds. The fourth-order valence-electron chi connectivity index (χ4n) is 2.74. The highest BCUT2D eigenvalue weighted by Crippen LogP contribution is 2.26. The van der Waals surface area contributed by atoms with Crippen LogP contribution in [0.15, 0.2) is 48.0 Å². The normalized spacial score (nSPS) is 15.9. The maximum atomic E-state index is 12.9. The number of aryl methyl sites for hydroxylation is 1. The highest BCUT2D eigenvalue weighted by molar-refractivity contribution is 6.39. The maximum absolute atomic E-state index is 12.9. The summed E-state index contributed by atoms with van der Waals surface area (Å²) in [6.45, 7) is 4.13. The Labute approximate surface area is 161 Å². The number of rotatable bonds is 4. The van der Waals surface area contributed by atoms with Crippen LogP contribution in [0.5, 0.6) is 5.75 Å². The highest BCUT2D eigenvalue weighted by Gasteiger charge is 2.36. The number of nitrogens with one attached hydrogen (secondary N) is 1. The van der Waals surface area contributed by atoms with Gasteiger partial charge in [-0.1, -0.05) is 23.7 Å². The van der Waals surface area contributed by atoms with E-state index in [-0.39, 0.29) is 5.57 Å². The highest BCUT2D eigenvalue weighted by atomic mass is 35.5. The summed E-state index contributed by atoms with van der Waals surface area (Å²) in [5, 5.41) is 2.60. The third kappa shape index (κ3) is 4.01. The lowest BCUT2D eigenvalue weighted by molar-refractivity contribution is -0.122. The van der Waals surface area contributed by atoms with E-state index < -0.39 is 17.8 Å². The summed E-state index contributed by atoms with van der Waals surface area (Å²) in [7, 11) is 0. The molecule has 0 radical (unpaired) electrons. The van der Waals surface area contributed by atoms with Crippen LogP contribution in [0.4, 0.5) is 10.5 Å². The van der Waals surface area contributed by atoms with Crippen molar-refractivity contribution in [3.05, 3.63) is 64.2 Å². The van der Waals surface area contributed by atoms with Crippen molar-refractivity contribution < 1.29 is 19.1 Å². The molecule has 1 heterocycles. The molecule has 6 nitrogen and oxygen atoms in total. The van der Waals surface area contributed by atoms with E-state index in [0.29, 0.717) is 28.6 Å². The van der Waals surface area contributed by atoms with E-state index in [1.807, 2.05) is 19.9 Å². The van der Waals surface area contributed by atoms with E-state index in [4.69, 9.17) is 16.3 Å². The molecule has 0 unspecified atom stereocenters. The van der Waals surface area contributed by atoms with Crippen LogP contribution in [0, 0.1) is 6.92 Å². The Kier molecular flexibility index (Phi) is 5.28. The van der Waals surface area contributed by atoms with Crippen molar-refractivity contribution >= 4 is 41.2 Å². The standard InChI is InChI=1S/C20H17ClN2O4/c1-3-27-16-9-13(8-14(21)11-16)10-17-18(24)22-20(26)23(19(17)25)15-6-4-5-12(2)7-15/h4-11H,3H2,1-2H3,(H,22,24,26)/b17-10+. The quantitative estimate of drug-likeness (QED) is 0.644. The van der Waals surface area contributed by atoms with Gasteiger partial charge in [-0.15, -0.1) is 0 Å². The molecule has 0 atom stereocenters. The first-order chi connectivity index (χ1) is 12.9. The van der Waals surface area contributed by atoms with Gasteiger partial charge in [0.1, 0.15) is 11.3 Å². The number of amides is 4.